The van der Waals surface area contributed by atoms with Gasteiger partial charge in [-0.25, -0.2) is 9.97 Å². The van der Waals surface area contributed by atoms with E-state index < -0.39 is 0 Å². The Morgan fingerprint density at radius 3 is 2.63 bits per heavy atom. The molecule has 0 aliphatic heterocycles. The maximum absolute atomic E-state index is 5.95. The van der Waals surface area contributed by atoms with Gasteiger partial charge in [0, 0.05) is 29.9 Å². The Bertz CT molecular complexity index is 1030. The number of hydrogen-bond acceptors (Lipinski definition) is 5. The van der Waals surface area contributed by atoms with Gasteiger partial charge in [0.05, 0.1) is 12.6 Å². The number of ether oxygens (including phenoxy) is 2. The van der Waals surface area contributed by atoms with Crippen molar-refractivity contribution in [3.8, 4) is 17.2 Å². The number of hydrogen-bond donors (Lipinski definition) is 2. The van der Waals surface area contributed by atoms with Crippen LogP contribution in [0, 0.1) is 0 Å². The number of nitrogens with one attached hydrogen (secondary N) is 2. The number of rotatable bonds is 6. The highest BCUT2D eigenvalue weighted by molar-refractivity contribution is 5.91. The standard InChI is InChI=1S/C21H20N4O2/c1-14(15-6-4-3-5-7-15)25-21-17-10-20(27-16-8-9-22-12-16)19(26-2)11-18(17)23-13-24-21/h3-14,22H,1-2H3,(H,23,24,25)/t14-/m1/s1. The lowest BCUT2D eigenvalue weighted by atomic mass is 10.1. The van der Waals surface area contributed by atoms with Crippen molar-refractivity contribution < 1.29 is 9.47 Å². The highest BCUT2D eigenvalue weighted by Crippen LogP contribution is 2.37. The molecule has 0 spiro atoms. The van der Waals surface area contributed by atoms with Crippen molar-refractivity contribution in [1.29, 1.82) is 0 Å². The first kappa shape index (κ1) is 16.9. The third-order valence-electron chi connectivity index (χ3n) is 4.37. The minimum Gasteiger partial charge on any atom is -0.493 e. The number of H-pyrrole nitrogens is 1. The zero-order valence-electron chi connectivity index (χ0n) is 15.1. The van der Waals surface area contributed by atoms with Crippen LogP contribution in [-0.4, -0.2) is 22.1 Å². The van der Waals surface area contributed by atoms with Gasteiger partial charge in [0.15, 0.2) is 11.5 Å². The van der Waals surface area contributed by atoms with Gasteiger partial charge in [-0.2, -0.15) is 0 Å². The maximum Gasteiger partial charge on any atom is 0.170 e. The van der Waals surface area contributed by atoms with Gasteiger partial charge < -0.3 is 19.8 Å². The predicted molar refractivity (Wildman–Crippen MR) is 105 cm³/mol. The second-order valence-corrected chi connectivity index (χ2v) is 6.17. The summed E-state index contributed by atoms with van der Waals surface area (Å²) in [5.41, 5.74) is 1.97. The molecule has 2 aromatic heterocycles. The fourth-order valence-electron chi connectivity index (χ4n) is 2.95. The third-order valence-corrected chi connectivity index (χ3v) is 4.37. The van der Waals surface area contributed by atoms with Crippen molar-refractivity contribution in [2.45, 2.75) is 13.0 Å². The van der Waals surface area contributed by atoms with Gasteiger partial charge >= 0.3 is 0 Å². The normalized spacial score (nSPS) is 11.9. The van der Waals surface area contributed by atoms with E-state index in [0.717, 1.165) is 16.7 Å². The van der Waals surface area contributed by atoms with Crippen molar-refractivity contribution in [2.24, 2.45) is 0 Å². The second kappa shape index (κ2) is 7.37. The summed E-state index contributed by atoms with van der Waals surface area (Å²) in [5.74, 6) is 2.67. The van der Waals surface area contributed by atoms with Crippen LogP contribution in [0.5, 0.6) is 17.2 Å². The van der Waals surface area contributed by atoms with Gasteiger partial charge in [-0.05, 0) is 24.6 Å². The third kappa shape index (κ3) is 3.55. The predicted octanol–water partition coefficient (Wildman–Crippen LogP) is 4.93. The molecule has 0 saturated heterocycles. The molecular formula is C21H20N4O2. The highest BCUT2D eigenvalue weighted by atomic mass is 16.5. The Morgan fingerprint density at radius 2 is 1.89 bits per heavy atom. The number of nitrogens with zero attached hydrogens (tertiary/aromatic N) is 2. The zero-order valence-corrected chi connectivity index (χ0v) is 15.1. The summed E-state index contributed by atoms with van der Waals surface area (Å²) in [6.45, 7) is 2.10. The van der Waals surface area contributed by atoms with Gasteiger partial charge in [-0.1, -0.05) is 30.3 Å². The lowest BCUT2D eigenvalue weighted by Gasteiger charge is -2.17. The van der Waals surface area contributed by atoms with Crippen LogP contribution < -0.4 is 14.8 Å². The topological polar surface area (TPSA) is 72.1 Å². The van der Waals surface area contributed by atoms with Crippen LogP contribution in [0.4, 0.5) is 5.82 Å². The van der Waals surface area contributed by atoms with Gasteiger partial charge in [0.1, 0.15) is 17.9 Å². The first-order valence-corrected chi connectivity index (χ1v) is 8.69. The Labute approximate surface area is 157 Å². The monoisotopic (exact) mass is 360 g/mol. The van der Waals surface area contributed by atoms with Gasteiger partial charge in [0.25, 0.3) is 0 Å². The van der Waals surface area contributed by atoms with Crippen LogP contribution in [0.15, 0.2) is 67.3 Å². The molecular weight excluding hydrogens is 340 g/mol. The molecule has 6 heteroatoms. The highest BCUT2D eigenvalue weighted by Gasteiger charge is 2.14. The van der Waals surface area contributed by atoms with Crippen LogP contribution in [0.1, 0.15) is 18.5 Å². The molecule has 2 N–H and O–H groups in total. The number of benzene rings is 2. The van der Waals surface area contributed by atoms with Crippen molar-refractivity contribution in [2.75, 3.05) is 12.4 Å². The smallest absolute Gasteiger partial charge is 0.170 e. The lowest BCUT2D eigenvalue weighted by Crippen LogP contribution is -2.08. The molecule has 6 nitrogen and oxygen atoms in total. The van der Waals surface area contributed by atoms with E-state index in [1.54, 1.807) is 25.8 Å². The lowest BCUT2D eigenvalue weighted by molar-refractivity contribution is 0.380. The van der Waals surface area contributed by atoms with E-state index in [1.165, 1.54) is 5.56 Å². The Morgan fingerprint density at radius 1 is 1.04 bits per heavy atom. The van der Waals surface area contributed by atoms with E-state index >= 15 is 0 Å². The summed E-state index contributed by atoms with van der Waals surface area (Å²) in [5, 5.41) is 4.34. The second-order valence-electron chi connectivity index (χ2n) is 6.17. The molecule has 0 saturated carbocycles. The first-order chi connectivity index (χ1) is 13.2. The zero-order chi connectivity index (χ0) is 18.6. The fourth-order valence-corrected chi connectivity index (χ4v) is 2.95. The van der Waals surface area contributed by atoms with E-state index in [4.69, 9.17) is 9.47 Å². The molecule has 2 heterocycles. The average molecular weight is 360 g/mol. The molecule has 1 atom stereocenters. The van der Waals surface area contributed by atoms with Crippen molar-refractivity contribution in [3.05, 3.63) is 72.8 Å². The molecule has 27 heavy (non-hydrogen) atoms. The summed E-state index contributed by atoms with van der Waals surface area (Å²) in [7, 11) is 1.61. The van der Waals surface area contributed by atoms with Crippen LogP contribution in [0.3, 0.4) is 0 Å². The fraction of sp³-hybridized carbons (Fsp3) is 0.143. The quantitative estimate of drug-likeness (QED) is 0.510. The number of aromatic nitrogens is 3. The first-order valence-electron chi connectivity index (χ1n) is 8.69. The van der Waals surface area contributed by atoms with Crippen LogP contribution in [0.2, 0.25) is 0 Å². The summed E-state index contributed by atoms with van der Waals surface area (Å²) >= 11 is 0. The molecule has 0 amide bonds. The minimum atomic E-state index is 0.0976. The van der Waals surface area contributed by atoms with E-state index in [0.29, 0.717) is 17.2 Å². The minimum absolute atomic E-state index is 0.0976. The van der Waals surface area contributed by atoms with E-state index in [9.17, 15) is 0 Å². The molecule has 0 radical (unpaired) electrons. The molecule has 0 aliphatic carbocycles. The summed E-state index contributed by atoms with van der Waals surface area (Å²) < 4.78 is 11.4. The Balaban J connectivity index is 1.72. The van der Waals surface area contributed by atoms with Gasteiger partial charge in [0.2, 0.25) is 0 Å². The van der Waals surface area contributed by atoms with Crippen LogP contribution >= 0.6 is 0 Å². The summed E-state index contributed by atoms with van der Waals surface area (Å²) in [6, 6.07) is 15.9. The van der Waals surface area contributed by atoms with Gasteiger partial charge in [-0.3, -0.25) is 0 Å². The molecule has 2 aromatic carbocycles. The molecule has 4 rings (SSSR count). The van der Waals surface area contributed by atoms with Crippen LogP contribution in [0.25, 0.3) is 10.9 Å². The average Bonchev–Trinajstić information content (AvgIpc) is 3.21. The molecule has 0 bridgehead atoms. The SMILES string of the molecule is COc1cc2ncnc(N[C@H](C)c3ccccc3)c2cc1Oc1cc[nH]c1. The Kier molecular flexibility index (Phi) is 4.61. The molecule has 4 aromatic rings. The molecule has 136 valence electrons. The van der Waals surface area contributed by atoms with E-state index in [1.807, 2.05) is 36.4 Å². The van der Waals surface area contributed by atoms with Crippen molar-refractivity contribution in [1.82, 2.24) is 15.0 Å². The molecule has 0 aliphatic rings. The van der Waals surface area contributed by atoms with Crippen LogP contribution in [-0.2, 0) is 0 Å². The van der Waals surface area contributed by atoms with E-state index in [2.05, 4.69) is 39.3 Å². The van der Waals surface area contributed by atoms with Crippen molar-refractivity contribution in [3.63, 3.8) is 0 Å². The molecule has 0 fully saturated rings. The van der Waals surface area contributed by atoms with Crippen molar-refractivity contribution >= 4 is 16.7 Å². The number of methoxy groups -OCH3 is 1. The number of anilines is 1. The summed E-state index contributed by atoms with van der Waals surface area (Å²) in [6.07, 6.45) is 5.14. The largest absolute Gasteiger partial charge is 0.493 e. The number of aromatic amines is 1. The summed E-state index contributed by atoms with van der Waals surface area (Å²) in [4.78, 5) is 11.8. The van der Waals surface area contributed by atoms with Gasteiger partial charge in [-0.15, -0.1) is 0 Å². The molecule has 0 unspecified atom stereocenters. The van der Waals surface area contributed by atoms with E-state index in [-0.39, 0.29) is 6.04 Å². The Hall–Kier alpha value is -3.54. The number of fused-ring (bicyclic) bond motifs is 1. The maximum atomic E-state index is 5.95.